The third-order valence-electron chi connectivity index (χ3n) is 6.69. The number of benzene rings is 2. The molecule has 2 aromatic carbocycles. The zero-order valence-electron chi connectivity index (χ0n) is 21.0. The van der Waals surface area contributed by atoms with Crippen molar-refractivity contribution < 1.29 is 19.2 Å². The first kappa shape index (κ1) is 26.2. The molecule has 0 aliphatic carbocycles. The van der Waals surface area contributed by atoms with E-state index in [2.05, 4.69) is 15.5 Å². The number of nitrogens with two attached hydrogens (primary N) is 1. The van der Waals surface area contributed by atoms with Crippen molar-refractivity contribution in [1.29, 1.82) is 0 Å². The van der Waals surface area contributed by atoms with E-state index in [1.54, 1.807) is 18.2 Å². The summed E-state index contributed by atoms with van der Waals surface area (Å²) in [5.74, 6) is -0.814. The van der Waals surface area contributed by atoms with Gasteiger partial charge in [0.25, 0.3) is 5.91 Å². The number of carbonyl (C=O) groups excluding carboxylic acids is 4. The first-order valence-electron chi connectivity index (χ1n) is 12.6. The van der Waals surface area contributed by atoms with E-state index in [1.165, 1.54) is 4.90 Å². The van der Waals surface area contributed by atoms with Gasteiger partial charge in [-0.2, -0.15) is 10.2 Å². The number of nitrogens with zero attached hydrogens (tertiary/aromatic N) is 4. The number of Topliss-reactive ketones (excluding diaryl/α,β-unsaturated/α-hetero) is 1. The van der Waals surface area contributed by atoms with Gasteiger partial charge >= 0.3 is 0 Å². The van der Waals surface area contributed by atoms with E-state index in [9.17, 15) is 19.2 Å². The van der Waals surface area contributed by atoms with Crippen molar-refractivity contribution in [3.63, 3.8) is 0 Å². The average molecular weight is 505 g/mol. The number of amides is 3. The van der Waals surface area contributed by atoms with Crippen LogP contribution in [0.25, 0.3) is 0 Å². The summed E-state index contributed by atoms with van der Waals surface area (Å²) in [7, 11) is 1.88. The number of anilines is 1. The normalized spacial score (nSPS) is 17.3. The Morgan fingerprint density at radius 2 is 1.86 bits per heavy atom. The Bertz CT molecular complexity index is 1210. The van der Waals surface area contributed by atoms with Crippen molar-refractivity contribution in [2.45, 2.75) is 51.1 Å². The summed E-state index contributed by atoms with van der Waals surface area (Å²) in [5, 5.41) is 11.0. The molecule has 3 amide bonds. The van der Waals surface area contributed by atoms with Crippen molar-refractivity contribution in [2.24, 2.45) is 16.0 Å². The molecular formula is C27H32N6O4. The maximum atomic E-state index is 13.0. The molecule has 1 unspecified atom stereocenters. The maximum Gasteiger partial charge on any atom is 0.255 e. The lowest BCUT2D eigenvalue weighted by molar-refractivity contribution is -0.137. The highest BCUT2D eigenvalue weighted by Crippen LogP contribution is 2.34. The van der Waals surface area contributed by atoms with Crippen LogP contribution in [0, 0.1) is 0 Å². The number of imide groups is 1. The van der Waals surface area contributed by atoms with Crippen molar-refractivity contribution in [3.8, 4) is 0 Å². The van der Waals surface area contributed by atoms with E-state index < -0.39 is 11.9 Å². The summed E-state index contributed by atoms with van der Waals surface area (Å²) in [6, 6.07) is 12.0. The van der Waals surface area contributed by atoms with Gasteiger partial charge in [-0.1, -0.05) is 12.5 Å². The molecule has 10 heteroatoms. The molecule has 0 spiro atoms. The standard InChI is InChI=1S/C27H32N6O4/c1-32(16-20(34)6-3-2-4-15-28)19-11-9-18(10-12-19)30-31-23-8-5-7-21-22(23)17-33(27(21)37)24-13-14-25(35)29-26(24)36/h5,7-12,24H,2-4,6,13-17,28H2,1H3,(H,29,35,36). The molecule has 3 N–H and O–H groups in total. The molecule has 1 saturated heterocycles. The topological polar surface area (TPSA) is 138 Å². The van der Waals surface area contributed by atoms with Crippen LogP contribution in [0.15, 0.2) is 52.7 Å². The van der Waals surface area contributed by atoms with Crippen molar-refractivity contribution >= 4 is 40.6 Å². The van der Waals surface area contributed by atoms with Crippen LogP contribution in [0.1, 0.15) is 54.4 Å². The van der Waals surface area contributed by atoms with Crippen molar-refractivity contribution in [2.75, 3.05) is 25.0 Å². The minimum Gasteiger partial charge on any atom is -0.367 e. The zero-order valence-corrected chi connectivity index (χ0v) is 21.0. The lowest BCUT2D eigenvalue weighted by Crippen LogP contribution is -2.52. The van der Waals surface area contributed by atoms with Gasteiger partial charge in [0.2, 0.25) is 11.8 Å². The summed E-state index contributed by atoms with van der Waals surface area (Å²) < 4.78 is 0. The van der Waals surface area contributed by atoms with E-state index in [1.807, 2.05) is 36.2 Å². The quantitative estimate of drug-likeness (QED) is 0.273. The Hall–Kier alpha value is -3.92. The first-order chi connectivity index (χ1) is 17.9. The summed E-state index contributed by atoms with van der Waals surface area (Å²) in [6.45, 7) is 1.24. The molecule has 4 rings (SSSR count). The minimum absolute atomic E-state index is 0.196. The van der Waals surface area contributed by atoms with E-state index in [0.29, 0.717) is 48.4 Å². The number of rotatable bonds is 11. The molecule has 0 radical (unpaired) electrons. The fourth-order valence-corrected chi connectivity index (χ4v) is 4.63. The van der Waals surface area contributed by atoms with Gasteiger partial charge < -0.3 is 15.5 Å². The number of hydrogen-bond acceptors (Lipinski definition) is 8. The average Bonchev–Trinajstić information content (AvgIpc) is 3.22. The molecule has 37 heavy (non-hydrogen) atoms. The molecule has 2 aliphatic heterocycles. The van der Waals surface area contributed by atoms with Crippen LogP contribution in [-0.4, -0.2) is 54.6 Å². The van der Waals surface area contributed by atoms with E-state index >= 15 is 0 Å². The SMILES string of the molecule is CN(CC(=O)CCCCCN)c1ccc(N=Nc2cccc3c2CN(C2CCC(=O)NC2=O)C3=O)cc1. The van der Waals surface area contributed by atoms with E-state index in [4.69, 9.17) is 5.73 Å². The minimum atomic E-state index is -0.676. The number of carbonyl (C=O) groups is 4. The fourth-order valence-electron chi connectivity index (χ4n) is 4.63. The second kappa shape index (κ2) is 11.9. The number of piperidine rings is 1. The van der Waals surface area contributed by atoms with Gasteiger partial charge in [0, 0.05) is 43.2 Å². The van der Waals surface area contributed by atoms with Gasteiger partial charge in [-0.3, -0.25) is 24.5 Å². The van der Waals surface area contributed by atoms with Gasteiger partial charge in [-0.25, -0.2) is 0 Å². The van der Waals surface area contributed by atoms with E-state index in [0.717, 1.165) is 24.9 Å². The lowest BCUT2D eigenvalue weighted by atomic mass is 10.0. The van der Waals surface area contributed by atoms with Gasteiger partial charge in [0.05, 0.1) is 17.9 Å². The molecule has 0 aromatic heterocycles. The molecular weight excluding hydrogens is 472 g/mol. The Kier molecular flexibility index (Phi) is 8.39. The Morgan fingerprint density at radius 3 is 2.59 bits per heavy atom. The van der Waals surface area contributed by atoms with Crippen LogP contribution in [0.3, 0.4) is 0 Å². The van der Waals surface area contributed by atoms with Crippen molar-refractivity contribution in [1.82, 2.24) is 10.2 Å². The number of azo groups is 1. The molecule has 2 heterocycles. The second-order valence-electron chi connectivity index (χ2n) is 9.41. The smallest absolute Gasteiger partial charge is 0.255 e. The first-order valence-corrected chi connectivity index (χ1v) is 12.6. The second-order valence-corrected chi connectivity index (χ2v) is 9.41. The highest BCUT2D eigenvalue weighted by Gasteiger charge is 2.39. The molecule has 10 nitrogen and oxygen atoms in total. The molecule has 1 fully saturated rings. The largest absolute Gasteiger partial charge is 0.367 e. The lowest BCUT2D eigenvalue weighted by Gasteiger charge is -2.29. The summed E-state index contributed by atoms with van der Waals surface area (Å²) >= 11 is 0. The van der Waals surface area contributed by atoms with Gasteiger partial charge in [-0.05, 0) is 62.2 Å². The summed E-state index contributed by atoms with van der Waals surface area (Å²) in [5.41, 5.74) is 8.79. The third kappa shape index (κ3) is 6.26. The molecule has 194 valence electrons. The monoisotopic (exact) mass is 504 g/mol. The number of hydrogen-bond donors (Lipinski definition) is 2. The Balaban J connectivity index is 1.39. The molecule has 0 bridgehead atoms. The van der Waals surface area contributed by atoms with Crippen LogP contribution in [0.5, 0.6) is 0 Å². The van der Waals surface area contributed by atoms with Gasteiger partial charge in [-0.15, -0.1) is 0 Å². The van der Waals surface area contributed by atoms with Crippen LogP contribution < -0.4 is 16.0 Å². The highest BCUT2D eigenvalue weighted by molar-refractivity contribution is 6.06. The predicted octanol–water partition coefficient (Wildman–Crippen LogP) is 3.39. The molecule has 2 aromatic rings. The Labute approximate surface area is 215 Å². The number of unbranched alkanes of at least 4 members (excludes halogenated alkanes) is 2. The highest BCUT2D eigenvalue weighted by atomic mass is 16.2. The number of fused-ring (bicyclic) bond motifs is 1. The predicted molar refractivity (Wildman–Crippen MR) is 139 cm³/mol. The van der Waals surface area contributed by atoms with Crippen molar-refractivity contribution in [3.05, 3.63) is 53.6 Å². The van der Waals surface area contributed by atoms with Crippen LogP contribution in [0.4, 0.5) is 17.1 Å². The fraction of sp³-hybridized carbons (Fsp3) is 0.407. The maximum absolute atomic E-state index is 13.0. The number of ketones is 1. The number of nitrogens with one attached hydrogen (secondary N) is 1. The van der Waals surface area contributed by atoms with Crippen LogP contribution >= 0.6 is 0 Å². The Morgan fingerprint density at radius 1 is 1.08 bits per heavy atom. The van der Waals surface area contributed by atoms with Crippen LogP contribution in [0.2, 0.25) is 0 Å². The van der Waals surface area contributed by atoms with Gasteiger partial charge in [0.1, 0.15) is 6.04 Å². The van der Waals surface area contributed by atoms with Crippen LogP contribution in [-0.2, 0) is 20.9 Å². The molecule has 2 aliphatic rings. The molecule has 1 atom stereocenters. The zero-order chi connectivity index (χ0) is 26.4. The van der Waals surface area contributed by atoms with Gasteiger partial charge in [0.15, 0.2) is 5.78 Å². The third-order valence-corrected chi connectivity index (χ3v) is 6.69. The summed E-state index contributed by atoms with van der Waals surface area (Å²) in [4.78, 5) is 52.4. The van der Waals surface area contributed by atoms with E-state index in [-0.39, 0.29) is 30.6 Å². The number of likely N-dealkylation sites (N-methyl/N-ethyl adjacent to an activating group) is 1. The summed E-state index contributed by atoms with van der Waals surface area (Å²) in [6.07, 6.45) is 3.85. The molecule has 0 saturated carbocycles.